The number of fused-ring (bicyclic) bond motifs is 8. The molecule has 9 heteroatoms. The standard InChI is InChI=1S/C46H43N3O6/c1-45(2)36-10-8-7-9-32(36)41-34-25-37(50-3)38(51-4)26-35(34)43-33(42(41)45)19-20-46(55-43,30-15-17-31(18-16-30)49-21-23-54-24-22-49)29-13-11-28(12-14-29)44-47-39(52-5)27-40(48-44)53-6/h7-20,25-27H,21-24H2,1-6H3. The van der Waals surface area contributed by atoms with Gasteiger partial charge in [-0.25, -0.2) is 0 Å². The van der Waals surface area contributed by atoms with Crippen LogP contribution in [0.4, 0.5) is 5.69 Å². The number of morpholine rings is 1. The van der Waals surface area contributed by atoms with Gasteiger partial charge in [0.1, 0.15) is 5.75 Å². The number of aromatic nitrogens is 2. The van der Waals surface area contributed by atoms with E-state index in [4.69, 9.17) is 28.4 Å². The zero-order chi connectivity index (χ0) is 37.9. The Hall–Kier alpha value is -6.06. The Labute approximate surface area is 321 Å². The molecule has 55 heavy (non-hydrogen) atoms. The number of methoxy groups -OCH3 is 4. The van der Waals surface area contributed by atoms with Crippen LogP contribution in [0.2, 0.25) is 0 Å². The number of ether oxygens (including phenoxy) is 6. The molecule has 6 aromatic rings. The third-order valence-corrected chi connectivity index (χ3v) is 11.4. The first kappa shape index (κ1) is 34.7. The molecule has 5 aromatic carbocycles. The summed E-state index contributed by atoms with van der Waals surface area (Å²) >= 11 is 0. The molecule has 3 aliphatic rings. The maximum absolute atomic E-state index is 7.61. The fourth-order valence-electron chi connectivity index (χ4n) is 8.60. The minimum absolute atomic E-state index is 0.287. The van der Waals surface area contributed by atoms with Gasteiger partial charge >= 0.3 is 0 Å². The highest BCUT2D eigenvalue weighted by Crippen LogP contribution is 2.59. The van der Waals surface area contributed by atoms with Crippen molar-refractivity contribution in [2.45, 2.75) is 24.9 Å². The first-order chi connectivity index (χ1) is 26.8. The van der Waals surface area contributed by atoms with Crippen molar-refractivity contribution in [3.8, 4) is 51.5 Å². The number of rotatable bonds is 8. The number of hydrogen-bond acceptors (Lipinski definition) is 9. The highest BCUT2D eigenvalue weighted by Gasteiger charge is 2.44. The smallest absolute Gasteiger partial charge is 0.220 e. The fourth-order valence-corrected chi connectivity index (χ4v) is 8.60. The van der Waals surface area contributed by atoms with E-state index in [0.717, 1.165) is 70.8 Å². The second kappa shape index (κ2) is 13.4. The molecule has 0 radical (unpaired) electrons. The minimum Gasteiger partial charge on any atom is -0.493 e. The van der Waals surface area contributed by atoms with Crippen molar-refractivity contribution in [3.05, 3.63) is 125 Å². The SMILES string of the molecule is COc1cc(OC)nc(-c2ccc(C3(c4ccc(N5CCOCC5)cc4)C=Cc4c5c(c6cc(OC)c(OC)cc6c4O3)-c3ccccc3C5(C)C)cc2)n1. The Balaban J connectivity index is 1.26. The quantitative estimate of drug-likeness (QED) is 0.152. The third-order valence-electron chi connectivity index (χ3n) is 11.4. The zero-order valence-electron chi connectivity index (χ0n) is 31.9. The summed E-state index contributed by atoms with van der Waals surface area (Å²) in [6.45, 7) is 7.75. The fraction of sp³-hybridized carbons (Fsp3) is 0.261. The molecule has 1 atom stereocenters. The highest BCUT2D eigenvalue weighted by atomic mass is 16.5. The summed E-state index contributed by atoms with van der Waals surface area (Å²) in [6.07, 6.45) is 4.48. The zero-order valence-corrected chi connectivity index (χ0v) is 31.9. The van der Waals surface area contributed by atoms with Gasteiger partial charge in [-0.3, -0.25) is 0 Å². The van der Waals surface area contributed by atoms with Gasteiger partial charge in [-0.05, 0) is 58.0 Å². The Morgan fingerprint density at radius 3 is 1.95 bits per heavy atom. The predicted octanol–water partition coefficient (Wildman–Crippen LogP) is 8.82. The Morgan fingerprint density at radius 2 is 1.31 bits per heavy atom. The molecule has 0 N–H and O–H groups in total. The van der Waals surface area contributed by atoms with E-state index in [1.54, 1.807) is 34.5 Å². The van der Waals surface area contributed by atoms with Crippen molar-refractivity contribution in [2.24, 2.45) is 0 Å². The molecule has 0 saturated carbocycles. The summed E-state index contributed by atoms with van der Waals surface area (Å²) in [5.74, 6) is 3.45. The molecular formula is C46H43N3O6. The van der Waals surface area contributed by atoms with Crippen LogP contribution in [0, 0.1) is 0 Å². The summed E-state index contributed by atoms with van der Waals surface area (Å²) in [6, 6.07) is 31.5. The van der Waals surface area contributed by atoms with Crippen molar-refractivity contribution in [2.75, 3.05) is 59.6 Å². The molecule has 1 saturated heterocycles. The molecule has 3 heterocycles. The molecule has 1 unspecified atom stereocenters. The summed E-state index contributed by atoms with van der Waals surface area (Å²) in [5, 5.41) is 2.00. The molecule has 1 aliphatic carbocycles. The van der Waals surface area contributed by atoms with Crippen molar-refractivity contribution in [1.29, 1.82) is 0 Å². The summed E-state index contributed by atoms with van der Waals surface area (Å²) < 4.78 is 35.9. The molecule has 2 aliphatic heterocycles. The molecule has 1 fully saturated rings. The second-order valence-electron chi connectivity index (χ2n) is 14.6. The number of hydrogen-bond donors (Lipinski definition) is 0. The lowest BCUT2D eigenvalue weighted by molar-refractivity contribution is 0.122. The molecule has 0 amide bonds. The predicted molar refractivity (Wildman–Crippen MR) is 215 cm³/mol. The topological polar surface area (TPSA) is 84.4 Å². The van der Waals surface area contributed by atoms with Crippen LogP contribution in [0.1, 0.15) is 41.7 Å². The summed E-state index contributed by atoms with van der Waals surface area (Å²) in [5.41, 5.74) is 8.63. The Morgan fingerprint density at radius 1 is 0.691 bits per heavy atom. The van der Waals surface area contributed by atoms with E-state index in [9.17, 15) is 0 Å². The maximum atomic E-state index is 7.61. The number of anilines is 1. The van der Waals surface area contributed by atoms with Gasteiger partial charge in [0.15, 0.2) is 22.9 Å². The van der Waals surface area contributed by atoms with E-state index >= 15 is 0 Å². The lowest BCUT2D eigenvalue weighted by Crippen LogP contribution is -2.37. The van der Waals surface area contributed by atoms with Gasteiger partial charge in [-0.1, -0.05) is 80.6 Å². The molecule has 278 valence electrons. The summed E-state index contributed by atoms with van der Waals surface area (Å²) in [4.78, 5) is 11.6. The monoisotopic (exact) mass is 733 g/mol. The van der Waals surface area contributed by atoms with Crippen LogP contribution in [0.15, 0.2) is 97.1 Å². The second-order valence-corrected chi connectivity index (χ2v) is 14.6. The van der Waals surface area contributed by atoms with E-state index in [-0.39, 0.29) is 5.41 Å². The molecule has 9 nitrogen and oxygen atoms in total. The average Bonchev–Trinajstić information content (AvgIpc) is 3.49. The van der Waals surface area contributed by atoms with Gasteiger partial charge in [0, 0.05) is 51.8 Å². The van der Waals surface area contributed by atoms with Crippen molar-refractivity contribution in [1.82, 2.24) is 9.97 Å². The van der Waals surface area contributed by atoms with Crippen molar-refractivity contribution >= 4 is 22.5 Å². The van der Waals surface area contributed by atoms with Gasteiger partial charge < -0.3 is 33.3 Å². The first-order valence-corrected chi connectivity index (χ1v) is 18.5. The van der Waals surface area contributed by atoms with Crippen LogP contribution in [0.3, 0.4) is 0 Å². The molecular weight excluding hydrogens is 691 g/mol. The van der Waals surface area contributed by atoms with Crippen LogP contribution in [0.25, 0.3) is 39.4 Å². The Kier molecular flexibility index (Phi) is 8.42. The van der Waals surface area contributed by atoms with Crippen LogP contribution in [-0.4, -0.2) is 64.7 Å². The van der Waals surface area contributed by atoms with Crippen molar-refractivity contribution in [3.63, 3.8) is 0 Å². The first-order valence-electron chi connectivity index (χ1n) is 18.5. The average molecular weight is 734 g/mol. The van der Waals surface area contributed by atoms with Crippen LogP contribution >= 0.6 is 0 Å². The van der Waals surface area contributed by atoms with Crippen LogP contribution in [0.5, 0.6) is 29.0 Å². The number of nitrogens with zero attached hydrogens (tertiary/aromatic N) is 3. The normalized spacial score (nSPS) is 17.9. The van der Waals surface area contributed by atoms with Gasteiger partial charge in [0.05, 0.1) is 47.7 Å². The number of benzene rings is 5. The van der Waals surface area contributed by atoms with Gasteiger partial charge in [0.2, 0.25) is 11.8 Å². The molecule has 1 aromatic heterocycles. The maximum Gasteiger partial charge on any atom is 0.220 e. The lowest BCUT2D eigenvalue weighted by atomic mass is 9.76. The highest BCUT2D eigenvalue weighted by molar-refractivity contribution is 6.09. The van der Waals surface area contributed by atoms with Gasteiger partial charge in [0.25, 0.3) is 0 Å². The summed E-state index contributed by atoms with van der Waals surface area (Å²) in [7, 11) is 6.52. The van der Waals surface area contributed by atoms with Gasteiger partial charge in [-0.2, -0.15) is 9.97 Å². The van der Waals surface area contributed by atoms with Crippen LogP contribution < -0.4 is 28.6 Å². The van der Waals surface area contributed by atoms with E-state index < -0.39 is 5.60 Å². The largest absolute Gasteiger partial charge is 0.493 e. The lowest BCUT2D eigenvalue weighted by Gasteiger charge is -2.39. The minimum atomic E-state index is -0.994. The third kappa shape index (κ3) is 5.48. The Bertz CT molecular complexity index is 2450. The van der Waals surface area contributed by atoms with Crippen LogP contribution in [-0.2, 0) is 15.8 Å². The molecule has 0 spiro atoms. The van der Waals surface area contributed by atoms with E-state index in [0.29, 0.717) is 29.1 Å². The van der Waals surface area contributed by atoms with Gasteiger partial charge in [-0.15, -0.1) is 0 Å². The molecule has 9 rings (SSSR count). The van der Waals surface area contributed by atoms with Crippen molar-refractivity contribution < 1.29 is 28.4 Å². The molecule has 0 bridgehead atoms. The van der Waals surface area contributed by atoms with E-state index in [1.807, 2.05) is 12.1 Å². The van der Waals surface area contributed by atoms with E-state index in [1.165, 1.54) is 22.3 Å². The van der Waals surface area contributed by atoms with E-state index in [2.05, 4.69) is 114 Å².